The number of benzene rings is 2. The van der Waals surface area contributed by atoms with E-state index in [-0.39, 0.29) is 17.2 Å². The number of anilines is 1. The second kappa shape index (κ2) is 9.61. The zero-order valence-electron chi connectivity index (χ0n) is 16.4. The lowest BCUT2D eigenvalue weighted by Crippen LogP contribution is -2.32. The summed E-state index contributed by atoms with van der Waals surface area (Å²) < 4.78 is 32.6. The van der Waals surface area contributed by atoms with Gasteiger partial charge in [-0.05, 0) is 43.2 Å². The van der Waals surface area contributed by atoms with Crippen LogP contribution in [0.2, 0.25) is 5.02 Å². The van der Waals surface area contributed by atoms with Crippen LogP contribution in [0, 0.1) is 0 Å². The maximum atomic E-state index is 13.0. The summed E-state index contributed by atoms with van der Waals surface area (Å²) in [6, 6.07) is 11.4. The maximum absolute atomic E-state index is 13.0. The van der Waals surface area contributed by atoms with E-state index in [2.05, 4.69) is 5.32 Å². The third-order valence-electron chi connectivity index (χ3n) is 4.96. The van der Waals surface area contributed by atoms with Crippen molar-refractivity contribution in [1.82, 2.24) is 4.31 Å². The number of nitrogens with zero attached hydrogens (tertiary/aromatic N) is 1. The van der Waals surface area contributed by atoms with Crippen LogP contribution in [-0.2, 0) is 10.0 Å². The number of ketones is 1. The zero-order chi connectivity index (χ0) is 20.9. The summed E-state index contributed by atoms with van der Waals surface area (Å²) in [5, 5.41) is 3.46. The molecule has 0 amide bonds. The van der Waals surface area contributed by atoms with Gasteiger partial charge in [-0.25, -0.2) is 8.42 Å². The highest BCUT2D eigenvalue weighted by molar-refractivity contribution is 7.89. The first-order valence-corrected chi connectivity index (χ1v) is 11.4. The topological polar surface area (TPSA) is 75.7 Å². The highest BCUT2D eigenvalue weighted by Crippen LogP contribution is 2.27. The van der Waals surface area contributed by atoms with Crippen LogP contribution < -0.4 is 10.1 Å². The third-order valence-corrected chi connectivity index (χ3v) is 7.15. The Hall–Kier alpha value is -2.09. The second-order valence-corrected chi connectivity index (χ2v) is 9.32. The van der Waals surface area contributed by atoms with Gasteiger partial charge in [0.15, 0.2) is 5.78 Å². The largest absolute Gasteiger partial charge is 0.495 e. The van der Waals surface area contributed by atoms with E-state index in [1.807, 2.05) is 0 Å². The molecule has 0 spiro atoms. The molecule has 1 aliphatic rings. The van der Waals surface area contributed by atoms with Gasteiger partial charge in [0.1, 0.15) is 5.75 Å². The van der Waals surface area contributed by atoms with E-state index >= 15 is 0 Å². The van der Waals surface area contributed by atoms with E-state index in [0.717, 1.165) is 25.7 Å². The zero-order valence-corrected chi connectivity index (χ0v) is 17.9. The summed E-state index contributed by atoms with van der Waals surface area (Å²) in [6.45, 7) is 1.08. The summed E-state index contributed by atoms with van der Waals surface area (Å²) in [6.07, 6.45) is 3.83. The quantitative estimate of drug-likeness (QED) is 0.658. The predicted molar refractivity (Wildman–Crippen MR) is 114 cm³/mol. The Labute approximate surface area is 176 Å². The number of methoxy groups -OCH3 is 1. The number of nitrogens with one attached hydrogen (secondary N) is 1. The van der Waals surface area contributed by atoms with Crippen molar-refractivity contribution in [3.63, 3.8) is 0 Å². The number of hydrogen-bond donors (Lipinski definition) is 1. The van der Waals surface area contributed by atoms with Crippen LogP contribution in [0.1, 0.15) is 36.0 Å². The molecule has 1 fully saturated rings. The standard InChI is InChI=1S/C21H25ClN2O4S/c1-28-21-10-9-17(14-19(21)22)23-15-20(25)16-7-6-8-18(13-16)29(26,27)24-11-4-2-3-5-12-24/h6-10,13-14,23H,2-5,11-12,15H2,1H3. The highest BCUT2D eigenvalue weighted by atomic mass is 35.5. The van der Waals surface area contributed by atoms with Gasteiger partial charge in [-0.1, -0.05) is 36.6 Å². The fourth-order valence-corrected chi connectivity index (χ4v) is 5.14. The molecule has 0 aromatic heterocycles. The SMILES string of the molecule is COc1ccc(NCC(=O)c2cccc(S(=O)(=O)N3CCCCCC3)c2)cc1Cl. The lowest BCUT2D eigenvalue weighted by molar-refractivity contribution is 0.101. The van der Waals surface area contributed by atoms with Crippen molar-refractivity contribution < 1.29 is 17.9 Å². The molecular weight excluding hydrogens is 412 g/mol. The molecule has 0 atom stereocenters. The lowest BCUT2D eigenvalue weighted by atomic mass is 10.1. The number of carbonyl (C=O) groups is 1. The minimum atomic E-state index is -3.59. The van der Waals surface area contributed by atoms with Crippen LogP contribution in [0.4, 0.5) is 5.69 Å². The van der Waals surface area contributed by atoms with Crippen LogP contribution in [0.15, 0.2) is 47.4 Å². The Morgan fingerprint density at radius 3 is 2.48 bits per heavy atom. The van der Waals surface area contributed by atoms with Gasteiger partial charge in [0.2, 0.25) is 10.0 Å². The average molecular weight is 437 g/mol. The van der Waals surface area contributed by atoms with Gasteiger partial charge in [0.05, 0.1) is 23.6 Å². The Balaban J connectivity index is 1.71. The molecule has 2 aromatic carbocycles. The molecule has 1 heterocycles. The molecule has 1 saturated heterocycles. The minimum absolute atomic E-state index is 0.0237. The van der Waals surface area contributed by atoms with Crippen LogP contribution in [0.5, 0.6) is 5.75 Å². The summed E-state index contributed by atoms with van der Waals surface area (Å²) >= 11 is 6.10. The Morgan fingerprint density at radius 2 is 1.83 bits per heavy atom. The molecule has 0 unspecified atom stereocenters. The molecule has 0 bridgehead atoms. The van der Waals surface area contributed by atoms with E-state index in [1.54, 1.807) is 36.4 Å². The van der Waals surface area contributed by atoms with Crippen molar-refractivity contribution >= 4 is 33.1 Å². The summed E-state index contributed by atoms with van der Waals surface area (Å²) in [5.74, 6) is 0.347. The van der Waals surface area contributed by atoms with Gasteiger partial charge in [-0.15, -0.1) is 0 Å². The number of carbonyl (C=O) groups excluding carboxylic acids is 1. The van der Waals surface area contributed by atoms with Gasteiger partial charge >= 0.3 is 0 Å². The van der Waals surface area contributed by atoms with Gasteiger partial charge in [-0.2, -0.15) is 4.31 Å². The van der Waals surface area contributed by atoms with Gasteiger partial charge in [0, 0.05) is 24.3 Å². The first kappa shape index (κ1) is 21.6. The number of halogens is 1. The van der Waals surface area contributed by atoms with Crippen LogP contribution in [0.3, 0.4) is 0 Å². The molecule has 2 aromatic rings. The summed E-state index contributed by atoms with van der Waals surface area (Å²) in [5.41, 5.74) is 1.03. The second-order valence-electron chi connectivity index (χ2n) is 6.97. The monoisotopic (exact) mass is 436 g/mol. The normalized spacial score (nSPS) is 15.5. The number of Topliss-reactive ketones (excluding diaryl/α,β-unsaturated/α-hetero) is 1. The van der Waals surface area contributed by atoms with E-state index in [9.17, 15) is 13.2 Å². The number of hydrogen-bond acceptors (Lipinski definition) is 5. The van der Waals surface area contributed by atoms with Crippen molar-refractivity contribution in [2.45, 2.75) is 30.6 Å². The van der Waals surface area contributed by atoms with E-state index in [0.29, 0.717) is 35.1 Å². The van der Waals surface area contributed by atoms with Gasteiger partial charge in [0.25, 0.3) is 0 Å². The molecular formula is C21H25ClN2O4S. The molecule has 1 aliphatic heterocycles. The van der Waals surface area contributed by atoms with E-state index in [4.69, 9.17) is 16.3 Å². The molecule has 0 saturated carbocycles. The molecule has 29 heavy (non-hydrogen) atoms. The van der Waals surface area contributed by atoms with Crippen LogP contribution in [0.25, 0.3) is 0 Å². The Morgan fingerprint density at radius 1 is 1.10 bits per heavy atom. The number of rotatable bonds is 7. The van der Waals surface area contributed by atoms with Crippen molar-refractivity contribution in [1.29, 1.82) is 0 Å². The molecule has 1 N–H and O–H groups in total. The maximum Gasteiger partial charge on any atom is 0.243 e. The smallest absolute Gasteiger partial charge is 0.243 e. The van der Waals surface area contributed by atoms with E-state index in [1.165, 1.54) is 17.5 Å². The van der Waals surface area contributed by atoms with Crippen molar-refractivity contribution in [3.8, 4) is 5.75 Å². The van der Waals surface area contributed by atoms with Crippen LogP contribution >= 0.6 is 11.6 Å². The molecule has 0 radical (unpaired) electrons. The lowest BCUT2D eigenvalue weighted by Gasteiger charge is -2.20. The van der Waals surface area contributed by atoms with E-state index < -0.39 is 10.0 Å². The summed E-state index contributed by atoms with van der Waals surface area (Å²) in [7, 11) is -2.06. The number of sulfonamides is 1. The molecule has 6 nitrogen and oxygen atoms in total. The molecule has 8 heteroatoms. The van der Waals surface area contributed by atoms with Crippen LogP contribution in [-0.4, -0.2) is 45.3 Å². The fraction of sp³-hybridized carbons (Fsp3) is 0.381. The molecule has 0 aliphatic carbocycles. The van der Waals surface area contributed by atoms with Gasteiger partial charge in [-0.3, -0.25) is 4.79 Å². The minimum Gasteiger partial charge on any atom is -0.495 e. The Bertz CT molecular complexity index is 970. The van der Waals surface area contributed by atoms with Crippen molar-refractivity contribution in [3.05, 3.63) is 53.1 Å². The first-order chi connectivity index (χ1) is 13.9. The summed E-state index contributed by atoms with van der Waals surface area (Å²) in [4.78, 5) is 12.8. The highest BCUT2D eigenvalue weighted by Gasteiger charge is 2.25. The van der Waals surface area contributed by atoms with Gasteiger partial charge < -0.3 is 10.1 Å². The first-order valence-electron chi connectivity index (χ1n) is 9.62. The van der Waals surface area contributed by atoms with Crippen molar-refractivity contribution in [2.24, 2.45) is 0 Å². The fourth-order valence-electron chi connectivity index (χ4n) is 3.32. The Kier molecular flexibility index (Phi) is 7.16. The van der Waals surface area contributed by atoms with Crippen molar-refractivity contribution in [2.75, 3.05) is 32.1 Å². The molecule has 3 rings (SSSR count). The molecule has 156 valence electrons. The third kappa shape index (κ3) is 5.29. The number of ether oxygens (including phenoxy) is 1. The predicted octanol–water partition coefficient (Wildman–Crippen LogP) is 4.21. The average Bonchev–Trinajstić information content (AvgIpc) is 3.02.